The van der Waals surface area contributed by atoms with Gasteiger partial charge < -0.3 is 9.67 Å². The first kappa shape index (κ1) is 14.9. The monoisotopic (exact) mass is 292 g/mol. The highest BCUT2D eigenvalue weighted by Crippen LogP contribution is 2.30. The van der Waals surface area contributed by atoms with Gasteiger partial charge >= 0.3 is 5.97 Å². The average Bonchev–Trinajstić information content (AvgIpc) is 2.63. The third kappa shape index (κ3) is 2.68. The van der Waals surface area contributed by atoms with Crippen LogP contribution in [0.5, 0.6) is 0 Å². The quantitative estimate of drug-likeness (QED) is 0.878. The Morgan fingerprint density at radius 3 is 2.45 bits per heavy atom. The van der Waals surface area contributed by atoms with Gasteiger partial charge in [-0.2, -0.15) is 0 Å². The number of nitrogens with zero attached hydrogens (tertiary/aromatic N) is 2. The number of rotatable bonds is 4. The number of aliphatic carboxylic acids is 1. The van der Waals surface area contributed by atoms with Gasteiger partial charge in [0.2, 0.25) is 0 Å². The number of hydrogen-bond acceptors (Lipinski definition) is 3. The first-order valence-corrected chi connectivity index (χ1v) is 7.52. The zero-order valence-electron chi connectivity index (χ0n) is 12.5. The van der Waals surface area contributed by atoms with Gasteiger partial charge in [-0.15, -0.1) is 0 Å². The second-order valence-electron chi connectivity index (χ2n) is 5.50. The SMILES string of the molecule is Cc1cc2nc(SC(C(=O)O)C(C)C)n(C)c2cc1C. The molecule has 0 aliphatic rings. The fourth-order valence-electron chi connectivity index (χ4n) is 2.12. The van der Waals surface area contributed by atoms with Gasteiger partial charge in [-0.05, 0) is 43.0 Å². The van der Waals surface area contributed by atoms with Crippen LogP contribution in [0.25, 0.3) is 11.0 Å². The summed E-state index contributed by atoms with van der Waals surface area (Å²) in [5.41, 5.74) is 4.39. The van der Waals surface area contributed by atoms with Crippen molar-refractivity contribution < 1.29 is 9.90 Å². The van der Waals surface area contributed by atoms with E-state index in [4.69, 9.17) is 0 Å². The number of carboxylic acid groups (broad SMARTS) is 1. The van der Waals surface area contributed by atoms with Gasteiger partial charge in [0.25, 0.3) is 0 Å². The van der Waals surface area contributed by atoms with Crippen molar-refractivity contribution in [3.63, 3.8) is 0 Å². The first-order valence-electron chi connectivity index (χ1n) is 6.64. The Balaban J connectivity index is 2.45. The lowest BCUT2D eigenvalue weighted by atomic mass is 10.1. The molecule has 0 aliphatic heterocycles. The third-order valence-electron chi connectivity index (χ3n) is 3.54. The van der Waals surface area contributed by atoms with Crippen molar-refractivity contribution in [2.24, 2.45) is 13.0 Å². The molecule has 0 saturated carbocycles. The smallest absolute Gasteiger partial charge is 0.317 e. The van der Waals surface area contributed by atoms with E-state index in [9.17, 15) is 9.90 Å². The Hall–Kier alpha value is -1.49. The van der Waals surface area contributed by atoms with E-state index in [0.29, 0.717) is 0 Å². The number of benzene rings is 1. The predicted molar refractivity (Wildman–Crippen MR) is 82.3 cm³/mol. The van der Waals surface area contributed by atoms with Gasteiger partial charge in [-0.3, -0.25) is 4.79 Å². The van der Waals surface area contributed by atoms with Crippen molar-refractivity contribution >= 4 is 28.8 Å². The van der Waals surface area contributed by atoms with E-state index in [1.807, 2.05) is 25.5 Å². The highest BCUT2D eigenvalue weighted by atomic mass is 32.2. The van der Waals surface area contributed by atoms with Gasteiger partial charge in [0.05, 0.1) is 11.0 Å². The number of thioether (sulfide) groups is 1. The van der Waals surface area contributed by atoms with Crippen LogP contribution in [-0.2, 0) is 11.8 Å². The summed E-state index contributed by atoms with van der Waals surface area (Å²) in [4.78, 5) is 15.9. The van der Waals surface area contributed by atoms with E-state index < -0.39 is 11.2 Å². The molecule has 1 unspecified atom stereocenters. The van der Waals surface area contributed by atoms with E-state index in [1.54, 1.807) is 0 Å². The number of aromatic nitrogens is 2. The Kier molecular flexibility index (Phi) is 4.09. The number of hydrogen-bond donors (Lipinski definition) is 1. The summed E-state index contributed by atoms with van der Waals surface area (Å²) in [5.74, 6) is -0.731. The predicted octanol–water partition coefficient (Wildman–Crippen LogP) is 3.39. The van der Waals surface area contributed by atoms with Crippen LogP contribution < -0.4 is 0 Å². The molecule has 1 heterocycles. The van der Waals surface area contributed by atoms with Crippen LogP contribution in [0.4, 0.5) is 0 Å². The van der Waals surface area contributed by atoms with Gasteiger partial charge in [0, 0.05) is 7.05 Å². The van der Waals surface area contributed by atoms with E-state index in [1.165, 1.54) is 22.9 Å². The molecule has 4 nitrogen and oxygen atoms in total. The standard InChI is InChI=1S/C15H20N2O2S/c1-8(2)13(14(18)19)20-15-16-11-6-9(3)10(4)7-12(11)17(15)5/h6-8,13H,1-5H3,(H,18,19). The normalized spacial score (nSPS) is 13.1. The fraction of sp³-hybridized carbons (Fsp3) is 0.467. The molecule has 0 radical (unpaired) electrons. The minimum absolute atomic E-state index is 0.0563. The van der Waals surface area contributed by atoms with Crippen molar-refractivity contribution in [3.8, 4) is 0 Å². The lowest BCUT2D eigenvalue weighted by molar-refractivity contribution is -0.137. The molecule has 5 heteroatoms. The summed E-state index contributed by atoms with van der Waals surface area (Å²) in [6.07, 6.45) is 0. The fourth-order valence-corrected chi connectivity index (χ4v) is 3.12. The molecule has 0 fully saturated rings. The first-order chi connectivity index (χ1) is 9.31. The second kappa shape index (κ2) is 5.48. The molecule has 0 aliphatic carbocycles. The maximum Gasteiger partial charge on any atom is 0.317 e. The van der Waals surface area contributed by atoms with Crippen molar-refractivity contribution in [2.75, 3.05) is 0 Å². The molecule has 1 aromatic carbocycles. The number of carboxylic acids is 1. The summed E-state index contributed by atoms with van der Waals surface area (Å²) >= 11 is 1.32. The minimum Gasteiger partial charge on any atom is -0.480 e. The molecule has 1 atom stereocenters. The van der Waals surface area contributed by atoms with Crippen LogP contribution in [0.15, 0.2) is 17.3 Å². The molecule has 0 spiro atoms. The van der Waals surface area contributed by atoms with Crippen molar-refractivity contribution in [1.29, 1.82) is 0 Å². The Labute approximate surface area is 123 Å². The molecule has 1 N–H and O–H groups in total. The molecule has 1 aromatic heterocycles. The molecule has 20 heavy (non-hydrogen) atoms. The molecule has 108 valence electrons. The summed E-state index contributed by atoms with van der Waals surface area (Å²) in [6.45, 7) is 7.97. The molecule has 2 rings (SSSR count). The highest BCUT2D eigenvalue weighted by Gasteiger charge is 2.25. The Morgan fingerprint density at radius 1 is 1.30 bits per heavy atom. The van der Waals surface area contributed by atoms with Crippen molar-refractivity contribution in [2.45, 2.75) is 38.1 Å². The largest absolute Gasteiger partial charge is 0.480 e. The number of fused-ring (bicyclic) bond motifs is 1. The van der Waals surface area contributed by atoms with Gasteiger partial charge in [0.1, 0.15) is 5.25 Å². The van der Waals surface area contributed by atoms with Crippen molar-refractivity contribution in [3.05, 3.63) is 23.3 Å². The zero-order valence-corrected chi connectivity index (χ0v) is 13.3. The summed E-state index contributed by atoms with van der Waals surface area (Å²) < 4.78 is 1.98. The number of aryl methyl sites for hydroxylation is 3. The van der Waals surface area contributed by atoms with Gasteiger partial charge in [-0.1, -0.05) is 25.6 Å². The van der Waals surface area contributed by atoms with Gasteiger partial charge in [-0.25, -0.2) is 4.98 Å². The Bertz CT molecular complexity index is 661. The van der Waals surface area contributed by atoms with E-state index in [0.717, 1.165) is 16.2 Å². The number of imidazole rings is 1. The number of carbonyl (C=O) groups is 1. The van der Waals surface area contributed by atoms with Crippen LogP contribution in [-0.4, -0.2) is 25.9 Å². The lowest BCUT2D eigenvalue weighted by Crippen LogP contribution is -2.22. The van der Waals surface area contributed by atoms with Crippen LogP contribution in [0.3, 0.4) is 0 Å². The van der Waals surface area contributed by atoms with Crippen LogP contribution in [0, 0.1) is 19.8 Å². The minimum atomic E-state index is -0.788. The maximum atomic E-state index is 11.3. The molecular weight excluding hydrogens is 272 g/mol. The molecule has 0 saturated heterocycles. The third-order valence-corrected chi connectivity index (χ3v) is 5.11. The second-order valence-corrected chi connectivity index (χ2v) is 6.61. The van der Waals surface area contributed by atoms with Gasteiger partial charge in [0.15, 0.2) is 5.16 Å². The highest BCUT2D eigenvalue weighted by molar-refractivity contribution is 8.00. The lowest BCUT2D eigenvalue weighted by Gasteiger charge is -2.14. The van der Waals surface area contributed by atoms with Crippen LogP contribution in [0.2, 0.25) is 0 Å². The maximum absolute atomic E-state index is 11.3. The average molecular weight is 292 g/mol. The molecule has 0 amide bonds. The van der Waals surface area contributed by atoms with Crippen LogP contribution in [0.1, 0.15) is 25.0 Å². The van der Waals surface area contributed by atoms with E-state index >= 15 is 0 Å². The Morgan fingerprint density at radius 2 is 1.90 bits per heavy atom. The topological polar surface area (TPSA) is 55.1 Å². The molecular formula is C15H20N2O2S. The zero-order chi connectivity index (χ0) is 15.0. The summed E-state index contributed by atoms with van der Waals surface area (Å²) in [5, 5.41) is 9.58. The van der Waals surface area contributed by atoms with E-state index in [2.05, 4.69) is 31.0 Å². The van der Waals surface area contributed by atoms with Crippen LogP contribution >= 0.6 is 11.8 Å². The molecule has 2 aromatic rings. The van der Waals surface area contributed by atoms with Crippen molar-refractivity contribution in [1.82, 2.24) is 9.55 Å². The molecule has 0 bridgehead atoms. The van der Waals surface area contributed by atoms with E-state index in [-0.39, 0.29) is 5.92 Å². The summed E-state index contributed by atoms with van der Waals surface area (Å²) in [7, 11) is 1.94. The summed E-state index contributed by atoms with van der Waals surface area (Å²) in [6, 6.07) is 4.16.